The zero-order valence-corrected chi connectivity index (χ0v) is 10.6. The molecule has 0 unspecified atom stereocenters. The Kier molecular flexibility index (Phi) is 4.33. The van der Waals surface area contributed by atoms with Crippen LogP contribution in [0.1, 0.15) is 16.1 Å². The Morgan fingerprint density at radius 3 is 3.00 bits per heavy atom. The van der Waals surface area contributed by atoms with Gasteiger partial charge in [0.15, 0.2) is 0 Å². The van der Waals surface area contributed by atoms with Gasteiger partial charge in [-0.1, -0.05) is 0 Å². The topological polar surface area (TPSA) is 76.5 Å². The monoisotopic (exact) mass is 274 g/mol. The first-order valence-electron chi connectivity index (χ1n) is 5.63. The lowest BCUT2D eigenvalue weighted by Gasteiger charge is -2.02. The summed E-state index contributed by atoms with van der Waals surface area (Å²) in [6, 6.07) is 4.21. The first kappa shape index (κ1) is 13.6. The predicted octanol–water partition coefficient (Wildman–Crippen LogP) is 1.39. The van der Waals surface area contributed by atoms with Crippen molar-refractivity contribution in [2.24, 2.45) is 5.10 Å². The summed E-state index contributed by atoms with van der Waals surface area (Å²) < 4.78 is 18.4. The lowest BCUT2D eigenvalue weighted by molar-refractivity contribution is 0.0949. The predicted molar refractivity (Wildman–Crippen MR) is 70.0 cm³/mol. The number of halogens is 1. The van der Waals surface area contributed by atoms with E-state index in [9.17, 15) is 9.18 Å². The molecule has 0 aliphatic carbocycles. The molecule has 1 aromatic carbocycles. The molecule has 0 saturated heterocycles. The average molecular weight is 274 g/mol. The standard InChI is InChI=1S/C13H11FN4O2/c1-20-10-2-3-11(14)9(6-10)7-17-18-13(19)12-8-15-4-5-16-12/h2-8H,1H3,(H,18,19). The van der Waals surface area contributed by atoms with Gasteiger partial charge in [0.1, 0.15) is 17.3 Å². The van der Waals surface area contributed by atoms with Crippen molar-refractivity contribution >= 4 is 12.1 Å². The second-order valence-electron chi connectivity index (χ2n) is 3.68. The minimum absolute atomic E-state index is 0.121. The van der Waals surface area contributed by atoms with E-state index in [0.29, 0.717) is 5.75 Å². The maximum atomic E-state index is 13.5. The van der Waals surface area contributed by atoms with Crippen LogP contribution >= 0.6 is 0 Å². The minimum atomic E-state index is -0.530. The van der Waals surface area contributed by atoms with Gasteiger partial charge in [0.05, 0.1) is 19.5 Å². The van der Waals surface area contributed by atoms with E-state index < -0.39 is 11.7 Å². The summed E-state index contributed by atoms with van der Waals surface area (Å²) in [4.78, 5) is 19.2. The van der Waals surface area contributed by atoms with E-state index in [1.807, 2.05) is 0 Å². The van der Waals surface area contributed by atoms with Crippen molar-refractivity contribution in [2.45, 2.75) is 0 Å². The zero-order chi connectivity index (χ0) is 14.4. The van der Waals surface area contributed by atoms with Gasteiger partial charge in [-0.25, -0.2) is 14.8 Å². The summed E-state index contributed by atoms with van der Waals surface area (Å²) in [6.07, 6.45) is 5.33. The van der Waals surface area contributed by atoms with Crippen molar-refractivity contribution in [3.8, 4) is 5.75 Å². The summed E-state index contributed by atoms with van der Waals surface area (Å²) in [5.41, 5.74) is 2.55. The lowest BCUT2D eigenvalue weighted by Crippen LogP contribution is -2.19. The smallest absolute Gasteiger partial charge is 0.291 e. The van der Waals surface area contributed by atoms with Gasteiger partial charge in [-0.2, -0.15) is 5.10 Å². The van der Waals surface area contributed by atoms with Crippen molar-refractivity contribution in [2.75, 3.05) is 7.11 Å². The van der Waals surface area contributed by atoms with Crippen molar-refractivity contribution in [3.05, 3.63) is 53.9 Å². The molecule has 0 aliphatic heterocycles. The molecular formula is C13H11FN4O2. The molecule has 7 heteroatoms. The molecular weight excluding hydrogens is 263 g/mol. The fourth-order valence-electron chi connectivity index (χ4n) is 1.38. The molecule has 2 aromatic rings. The Morgan fingerprint density at radius 2 is 2.30 bits per heavy atom. The number of aromatic nitrogens is 2. The summed E-state index contributed by atoms with van der Waals surface area (Å²) in [5.74, 6) is -0.506. The molecule has 1 heterocycles. The number of carbonyl (C=O) groups excluding carboxylic acids is 1. The molecule has 0 aliphatic rings. The number of ether oxygens (including phenoxy) is 1. The number of nitrogens with zero attached hydrogens (tertiary/aromatic N) is 3. The van der Waals surface area contributed by atoms with Crippen LogP contribution < -0.4 is 10.2 Å². The third kappa shape index (κ3) is 3.35. The van der Waals surface area contributed by atoms with E-state index >= 15 is 0 Å². The normalized spacial score (nSPS) is 10.5. The van der Waals surface area contributed by atoms with Crippen molar-refractivity contribution in [1.29, 1.82) is 0 Å². The van der Waals surface area contributed by atoms with E-state index in [1.165, 1.54) is 50.1 Å². The van der Waals surface area contributed by atoms with Gasteiger partial charge in [-0.15, -0.1) is 0 Å². The third-order valence-electron chi connectivity index (χ3n) is 2.37. The number of benzene rings is 1. The van der Waals surface area contributed by atoms with Crippen molar-refractivity contribution < 1.29 is 13.9 Å². The number of amides is 1. The molecule has 102 valence electrons. The highest BCUT2D eigenvalue weighted by atomic mass is 19.1. The van der Waals surface area contributed by atoms with Crippen LogP contribution in [0.15, 0.2) is 41.9 Å². The van der Waals surface area contributed by atoms with Crippen LogP contribution in [0, 0.1) is 5.82 Å². The Hall–Kier alpha value is -2.83. The van der Waals surface area contributed by atoms with Crippen LogP contribution in [0.25, 0.3) is 0 Å². The second-order valence-corrected chi connectivity index (χ2v) is 3.68. The molecule has 20 heavy (non-hydrogen) atoms. The molecule has 1 N–H and O–H groups in total. The molecule has 0 atom stereocenters. The fraction of sp³-hybridized carbons (Fsp3) is 0.0769. The first-order valence-corrected chi connectivity index (χ1v) is 5.63. The minimum Gasteiger partial charge on any atom is -0.497 e. The van der Waals surface area contributed by atoms with Gasteiger partial charge >= 0.3 is 0 Å². The maximum absolute atomic E-state index is 13.5. The van der Waals surface area contributed by atoms with Crippen LogP contribution in [-0.2, 0) is 0 Å². The molecule has 1 aromatic heterocycles. The van der Waals surface area contributed by atoms with Crippen LogP contribution in [0.3, 0.4) is 0 Å². The van der Waals surface area contributed by atoms with Gasteiger partial charge in [0.2, 0.25) is 0 Å². The Morgan fingerprint density at radius 1 is 1.45 bits per heavy atom. The summed E-state index contributed by atoms with van der Waals surface area (Å²) in [5, 5.41) is 3.67. The zero-order valence-electron chi connectivity index (χ0n) is 10.6. The van der Waals surface area contributed by atoms with Gasteiger partial charge in [0, 0.05) is 18.0 Å². The molecule has 0 spiro atoms. The highest BCUT2D eigenvalue weighted by Gasteiger charge is 2.05. The maximum Gasteiger partial charge on any atom is 0.291 e. The van der Waals surface area contributed by atoms with Crippen LogP contribution in [0.2, 0.25) is 0 Å². The van der Waals surface area contributed by atoms with Gasteiger partial charge in [0.25, 0.3) is 5.91 Å². The lowest BCUT2D eigenvalue weighted by atomic mass is 10.2. The van der Waals surface area contributed by atoms with E-state index in [2.05, 4.69) is 20.5 Å². The molecule has 6 nitrogen and oxygen atoms in total. The van der Waals surface area contributed by atoms with Crippen molar-refractivity contribution in [3.63, 3.8) is 0 Å². The first-order chi connectivity index (χ1) is 9.70. The van der Waals surface area contributed by atoms with E-state index in [-0.39, 0.29) is 11.3 Å². The Labute approximate surface area is 114 Å². The second kappa shape index (κ2) is 6.37. The molecule has 0 fully saturated rings. The highest BCUT2D eigenvalue weighted by Crippen LogP contribution is 2.14. The van der Waals surface area contributed by atoms with E-state index in [4.69, 9.17) is 4.74 Å². The number of methoxy groups -OCH3 is 1. The van der Waals surface area contributed by atoms with Crippen LogP contribution in [-0.4, -0.2) is 29.2 Å². The van der Waals surface area contributed by atoms with E-state index in [0.717, 1.165) is 0 Å². The Balaban J connectivity index is 2.05. The molecule has 1 amide bonds. The fourth-order valence-corrected chi connectivity index (χ4v) is 1.38. The number of rotatable bonds is 4. The number of hydrogen-bond donors (Lipinski definition) is 1. The highest BCUT2D eigenvalue weighted by molar-refractivity contribution is 5.92. The number of carbonyl (C=O) groups is 1. The number of nitrogens with one attached hydrogen (secondary N) is 1. The average Bonchev–Trinajstić information content (AvgIpc) is 2.50. The summed E-state index contributed by atoms with van der Waals surface area (Å²) >= 11 is 0. The van der Waals surface area contributed by atoms with Crippen LogP contribution in [0.5, 0.6) is 5.75 Å². The molecule has 0 bridgehead atoms. The quantitative estimate of drug-likeness (QED) is 0.675. The summed E-state index contributed by atoms with van der Waals surface area (Å²) in [6.45, 7) is 0. The largest absolute Gasteiger partial charge is 0.497 e. The number of hydrazone groups is 1. The van der Waals surface area contributed by atoms with Gasteiger partial charge < -0.3 is 4.74 Å². The third-order valence-corrected chi connectivity index (χ3v) is 2.37. The molecule has 0 radical (unpaired) electrons. The Bertz CT molecular complexity index is 632. The van der Waals surface area contributed by atoms with Gasteiger partial charge in [-0.3, -0.25) is 9.78 Å². The van der Waals surface area contributed by atoms with Crippen molar-refractivity contribution in [1.82, 2.24) is 15.4 Å². The van der Waals surface area contributed by atoms with Crippen LogP contribution in [0.4, 0.5) is 4.39 Å². The van der Waals surface area contributed by atoms with Gasteiger partial charge in [-0.05, 0) is 18.2 Å². The molecule has 0 saturated carbocycles. The summed E-state index contributed by atoms with van der Waals surface area (Å²) in [7, 11) is 1.48. The SMILES string of the molecule is COc1ccc(F)c(C=NNC(=O)c2cnccn2)c1. The number of hydrogen-bond acceptors (Lipinski definition) is 5. The molecule has 2 rings (SSSR count). The van der Waals surface area contributed by atoms with E-state index in [1.54, 1.807) is 0 Å².